The van der Waals surface area contributed by atoms with Gasteiger partial charge in [-0.15, -0.1) is 0 Å². The first-order valence-electron chi connectivity index (χ1n) is 5.89. The van der Waals surface area contributed by atoms with Gasteiger partial charge < -0.3 is 4.74 Å². The van der Waals surface area contributed by atoms with Crippen LogP contribution in [0.15, 0.2) is 24.3 Å². The average molecular weight is 206 g/mol. The summed E-state index contributed by atoms with van der Waals surface area (Å²) in [6.07, 6.45) is 2.36. The summed E-state index contributed by atoms with van der Waals surface area (Å²) < 4.78 is 5.44. The third kappa shape index (κ3) is 2.74. The first-order valence-corrected chi connectivity index (χ1v) is 5.89. The first-order chi connectivity index (χ1) is 7.16. The third-order valence-corrected chi connectivity index (χ3v) is 3.42. The number of hydrogen-bond acceptors (Lipinski definition) is 1. The highest BCUT2D eigenvalue weighted by molar-refractivity contribution is 5.31. The van der Waals surface area contributed by atoms with Gasteiger partial charge >= 0.3 is 0 Å². The molecule has 0 aromatic heterocycles. The van der Waals surface area contributed by atoms with Gasteiger partial charge in [-0.05, 0) is 42.9 Å². The van der Waals surface area contributed by atoms with Crippen molar-refractivity contribution in [3.8, 4) is 5.75 Å². The molecule has 84 valence electrons. The standard InChI is InChI=1S/C14H22O/c1-5-14(4,6-2)12-8-10-13(11-9-12)15-7-3/h8-11H,5-7H2,1-4H3. The molecule has 0 atom stereocenters. The number of hydrogen-bond donors (Lipinski definition) is 0. The molecule has 0 saturated heterocycles. The Labute approximate surface area is 93.5 Å². The van der Waals surface area contributed by atoms with Crippen LogP contribution in [0.25, 0.3) is 0 Å². The Bertz CT molecular complexity index is 283. The molecule has 0 fully saturated rings. The second kappa shape index (κ2) is 5.20. The fourth-order valence-corrected chi connectivity index (χ4v) is 1.78. The molecule has 1 aromatic carbocycles. The largest absolute Gasteiger partial charge is 0.494 e. The lowest BCUT2D eigenvalue weighted by atomic mass is 9.78. The second-order valence-electron chi connectivity index (χ2n) is 4.23. The Balaban J connectivity index is 2.87. The van der Waals surface area contributed by atoms with Crippen molar-refractivity contribution in [2.45, 2.75) is 46.0 Å². The molecule has 0 amide bonds. The summed E-state index contributed by atoms with van der Waals surface area (Å²) in [5.74, 6) is 0.968. The van der Waals surface area contributed by atoms with Crippen LogP contribution in [0.2, 0.25) is 0 Å². The summed E-state index contributed by atoms with van der Waals surface area (Å²) in [4.78, 5) is 0. The van der Waals surface area contributed by atoms with Crippen molar-refractivity contribution in [1.29, 1.82) is 0 Å². The van der Waals surface area contributed by atoms with Crippen molar-refractivity contribution in [2.75, 3.05) is 6.61 Å². The van der Waals surface area contributed by atoms with Gasteiger partial charge in [-0.1, -0.05) is 32.9 Å². The lowest BCUT2D eigenvalue weighted by Crippen LogP contribution is -2.19. The zero-order valence-corrected chi connectivity index (χ0v) is 10.3. The van der Waals surface area contributed by atoms with Gasteiger partial charge in [0.15, 0.2) is 0 Å². The minimum atomic E-state index is 0.310. The molecule has 0 bridgehead atoms. The van der Waals surface area contributed by atoms with Crippen LogP contribution in [0, 0.1) is 0 Å². The molecule has 0 saturated carbocycles. The van der Waals surface area contributed by atoms with E-state index in [1.54, 1.807) is 0 Å². The predicted molar refractivity (Wildman–Crippen MR) is 65.5 cm³/mol. The van der Waals surface area contributed by atoms with Crippen molar-refractivity contribution < 1.29 is 4.74 Å². The van der Waals surface area contributed by atoms with Crippen molar-refractivity contribution in [3.05, 3.63) is 29.8 Å². The van der Waals surface area contributed by atoms with Crippen LogP contribution in [0.1, 0.15) is 46.1 Å². The number of rotatable bonds is 5. The molecule has 15 heavy (non-hydrogen) atoms. The van der Waals surface area contributed by atoms with Crippen LogP contribution in [0.4, 0.5) is 0 Å². The van der Waals surface area contributed by atoms with Crippen molar-refractivity contribution in [3.63, 3.8) is 0 Å². The first kappa shape index (κ1) is 12.1. The third-order valence-electron chi connectivity index (χ3n) is 3.42. The second-order valence-corrected chi connectivity index (χ2v) is 4.23. The minimum Gasteiger partial charge on any atom is -0.494 e. The Morgan fingerprint density at radius 3 is 1.93 bits per heavy atom. The van der Waals surface area contributed by atoms with E-state index >= 15 is 0 Å². The van der Waals surface area contributed by atoms with Crippen LogP contribution in [-0.2, 0) is 5.41 Å². The minimum absolute atomic E-state index is 0.310. The molecule has 1 heteroatoms. The van der Waals surface area contributed by atoms with Crippen LogP contribution < -0.4 is 4.74 Å². The summed E-state index contributed by atoms with van der Waals surface area (Å²) in [5.41, 5.74) is 1.72. The number of ether oxygens (including phenoxy) is 1. The van der Waals surface area contributed by atoms with Crippen LogP contribution in [-0.4, -0.2) is 6.61 Å². The Hall–Kier alpha value is -0.980. The lowest BCUT2D eigenvalue weighted by Gasteiger charge is -2.27. The molecule has 0 radical (unpaired) electrons. The van der Waals surface area contributed by atoms with Crippen molar-refractivity contribution in [1.82, 2.24) is 0 Å². The van der Waals surface area contributed by atoms with E-state index in [1.807, 2.05) is 6.92 Å². The molecule has 0 spiro atoms. The van der Waals surface area contributed by atoms with E-state index in [2.05, 4.69) is 45.0 Å². The maximum absolute atomic E-state index is 5.44. The average Bonchev–Trinajstić information content (AvgIpc) is 2.29. The van der Waals surface area contributed by atoms with Gasteiger partial charge in [0.1, 0.15) is 5.75 Å². The van der Waals surface area contributed by atoms with Gasteiger partial charge in [0, 0.05) is 0 Å². The smallest absolute Gasteiger partial charge is 0.119 e. The Morgan fingerprint density at radius 1 is 1.00 bits per heavy atom. The highest BCUT2D eigenvalue weighted by Crippen LogP contribution is 2.31. The molecular weight excluding hydrogens is 184 g/mol. The molecule has 0 heterocycles. The van der Waals surface area contributed by atoms with Crippen LogP contribution in [0.5, 0.6) is 5.75 Å². The van der Waals surface area contributed by atoms with Crippen LogP contribution in [0.3, 0.4) is 0 Å². The normalized spacial score (nSPS) is 11.5. The van der Waals surface area contributed by atoms with E-state index in [9.17, 15) is 0 Å². The topological polar surface area (TPSA) is 9.23 Å². The van der Waals surface area contributed by atoms with Crippen molar-refractivity contribution >= 4 is 0 Å². The summed E-state index contributed by atoms with van der Waals surface area (Å²) >= 11 is 0. The monoisotopic (exact) mass is 206 g/mol. The zero-order valence-electron chi connectivity index (χ0n) is 10.3. The van der Waals surface area contributed by atoms with Gasteiger partial charge in [-0.25, -0.2) is 0 Å². The molecule has 1 rings (SSSR count). The lowest BCUT2D eigenvalue weighted by molar-refractivity contribution is 0.339. The van der Waals surface area contributed by atoms with E-state index in [1.165, 1.54) is 18.4 Å². The fourth-order valence-electron chi connectivity index (χ4n) is 1.78. The molecule has 0 aliphatic carbocycles. The van der Waals surface area contributed by atoms with Crippen LogP contribution >= 0.6 is 0 Å². The van der Waals surface area contributed by atoms with Gasteiger partial charge in [0.05, 0.1) is 6.61 Å². The van der Waals surface area contributed by atoms with E-state index in [4.69, 9.17) is 4.74 Å². The van der Waals surface area contributed by atoms with E-state index in [0.717, 1.165) is 12.4 Å². The Kier molecular flexibility index (Phi) is 4.19. The maximum Gasteiger partial charge on any atom is 0.119 e. The molecule has 0 N–H and O–H groups in total. The molecular formula is C14H22O. The molecule has 1 nitrogen and oxygen atoms in total. The highest BCUT2D eigenvalue weighted by Gasteiger charge is 2.21. The maximum atomic E-state index is 5.44. The molecule has 0 aliphatic heterocycles. The van der Waals surface area contributed by atoms with E-state index in [0.29, 0.717) is 5.41 Å². The Morgan fingerprint density at radius 2 is 1.53 bits per heavy atom. The molecule has 0 aliphatic rings. The van der Waals surface area contributed by atoms with E-state index in [-0.39, 0.29) is 0 Å². The quantitative estimate of drug-likeness (QED) is 0.702. The predicted octanol–water partition coefficient (Wildman–Crippen LogP) is 4.16. The summed E-state index contributed by atoms with van der Waals surface area (Å²) in [7, 11) is 0. The fraction of sp³-hybridized carbons (Fsp3) is 0.571. The van der Waals surface area contributed by atoms with Gasteiger partial charge in [-0.3, -0.25) is 0 Å². The van der Waals surface area contributed by atoms with Gasteiger partial charge in [-0.2, -0.15) is 0 Å². The summed E-state index contributed by atoms with van der Waals surface area (Å²) in [6, 6.07) is 8.53. The van der Waals surface area contributed by atoms with Gasteiger partial charge in [0.2, 0.25) is 0 Å². The summed E-state index contributed by atoms with van der Waals surface area (Å²) in [6.45, 7) is 9.57. The zero-order chi connectivity index (χ0) is 11.3. The SMILES string of the molecule is CCOc1ccc(C(C)(CC)CC)cc1. The van der Waals surface area contributed by atoms with Crippen molar-refractivity contribution in [2.24, 2.45) is 0 Å². The highest BCUT2D eigenvalue weighted by atomic mass is 16.5. The summed E-state index contributed by atoms with van der Waals surface area (Å²) in [5, 5.41) is 0. The molecule has 0 unspecified atom stereocenters. The molecule has 1 aromatic rings. The number of benzene rings is 1. The van der Waals surface area contributed by atoms with E-state index < -0.39 is 0 Å². The van der Waals surface area contributed by atoms with Gasteiger partial charge in [0.25, 0.3) is 0 Å².